The van der Waals surface area contributed by atoms with Gasteiger partial charge in [-0.15, -0.1) is 0 Å². The van der Waals surface area contributed by atoms with Crippen LogP contribution in [0.2, 0.25) is 0 Å². The molecule has 1 aliphatic heterocycles. The van der Waals surface area contributed by atoms with Gasteiger partial charge in [-0.3, -0.25) is 0 Å². The highest BCUT2D eigenvalue weighted by atomic mass is 16.5. The van der Waals surface area contributed by atoms with Crippen LogP contribution in [-0.2, 0) is 4.74 Å². The van der Waals surface area contributed by atoms with E-state index in [1.807, 2.05) is 25.2 Å². The Morgan fingerprint density at radius 3 is 3.00 bits per heavy atom. The van der Waals surface area contributed by atoms with E-state index in [0.29, 0.717) is 6.61 Å². The molecule has 21 heavy (non-hydrogen) atoms. The van der Waals surface area contributed by atoms with E-state index in [0.717, 1.165) is 25.3 Å². The van der Waals surface area contributed by atoms with Crippen LogP contribution in [0.1, 0.15) is 31.9 Å². The zero-order valence-corrected chi connectivity index (χ0v) is 13.1. The first-order valence-corrected chi connectivity index (χ1v) is 7.56. The second kappa shape index (κ2) is 7.43. The van der Waals surface area contributed by atoms with Crippen LogP contribution in [0.25, 0.3) is 0 Å². The zero-order chi connectivity index (χ0) is 15.2. The van der Waals surface area contributed by atoms with Crippen LogP contribution >= 0.6 is 0 Å². The van der Waals surface area contributed by atoms with E-state index in [1.54, 1.807) is 4.90 Å². The molecule has 0 aliphatic carbocycles. The number of anilines is 1. The van der Waals surface area contributed by atoms with Crippen molar-refractivity contribution in [2.75, 3.05) is 32.1 Å². The SMILES string of the molecule is CCNC(C)c1cccc(NC(=O)N(C)C2CCOC2)c1. The quantitative estimate of drug-likeness (QED) is 0.877. The van der Waals surface area contributed by atoms with Gasteiger partial charge in [0.15, 0.2) is 0 Å². The number of ether oxygens (including phenoxy) is 1. The Labute approximate surface area is 126 Å². The fourth-order valence-corrected chi connectivity index (χ4v) is 2.51. The molecule has 1 saturated heterocycles. The van der Waals surface area contributed by atoms with E-state index < -0.39 is 0 Å². The maximum absolute atomic E-state index is 12.2. The van der Waals surface area contributed by atoms with Crippen LogP contribution in [0.15, 0.2) is 24.3 Å². The molecule has 5 nitrogen and oxygen atoms in total. The van der Waals surface area contributed by atoms with Gasteiger partial charge in [-0.05, 0) is 37.6 Å². The summed E-state index contributed by atoms with van der Waals surface area (Å²) in [5, 5.41) is 6.33. The monoisotopic (exact) mass is 291 g/mol. The molecule has 5 heteroatoms. The maximum Gasteiger partial charge on any atom is 0.321 e. The predicted molar refractivity (Wildman–Crippen MR) is 84.5 cm³/mol. The third-order valence-electron chi connectivity index (χ3n) is 3.92. The third-order valence-corrected chi connectivity index (χ3v) is 3.92. The molecule has 1 fully saturated rings. The third kappa shape index (κ3) is 4.19. The van der Waals surface area contributed by atoms with Crippen molar-refractivity contribution >= 4 is 11.7 Å². The molecular weight excluding hydrogens is 266 g/mol. The minimum atomic E-state index is -0.0845. The summed E-state index contributed by atoms with van der Waals surface area (Å²) in [6.45, 7) is 6.48. The average molecular weight is 291 g/mol. The highest BCUT2D eigenvalue weighted by Gasteiger charge is 2.24. The molecule has 2 amide bonds. The number of urea groups is 1. The molecule has 1 aromatic carbocycles. The van der Waals surface area contributed by atoms with E-state index in [-0.39, 0.29) is 18.1 Å². The Morgan fingerprint density at radius 2 is 2.33 bits per heavy atom. The summed E-state index contributed by atoms with van der Waals surface area (Å²) in [5.41, 5.74) is 1.99. The summed E-state index contributed by atoms with van der Waals surface area (Å²) < 4.78 is 5.33. The number of amides is 2. The first-order chi connectivity index (χ1) is 10.1. The number of carbonyl (C=O) groups is 1. The number of likely N-dealkylation sites (N-methyl/N-ethyl adjacent to an activating group) is 1. The smallest absolute Gasteiger partial charge is 0.321 e. The van der Waals surface area contributed by atoms with Crippen molar-refractivity contribution in [3.63, 3.8) is 0 Å². The lowest BCUT2D eigenvalue weighted by Gasteiger charge is -2.23. The molecule has 1 aliphatic rings. The fourth-order valence-electron chi connectivity index (χ4n) is 2.51. The molecule has 0 bridgehead atoms. The second-order valence-electron chi connectivity index (χ2n) is 5.46. The molecule has 0 aromatic heterocycles. The molecule has 2 rings (SSSR count). The molecule has 0 saturated carbocycles. The minimum Gasteiger partial charge on any atom is -0.379 e. The first-order valence-electron chi connectivity index (χ1n) is 7.56. The topological polar surface area (TPSA) is 53.6 Å². The normalized spacial score (nSPS) is 19.3. The Morgan fingerprint density at radius 1 is 1.52 bits per heavy atom. The van der Waals surface area contributed by atoms with Crippen LogP contribution in [-0.4, -0.2) is 43.8 Å². The van der Waals surface area contributed by atoms with Crippen LogP contribution in [0, 0.1) is 0 Å². The summed E-state index contributed by atoms with van der Waals surface area (Å²) in [6, 6.07) is 8.33. The van der Waals surface area contributed by atoms with Crippen molar-refractivity contribution in [2.24, 2.45) is 0 Å². The Bertz CT molecular complexity index is 472. The number of carbonyl (C=O) groups excluding carboxylic acids is 1. The summed E-state index contributed by atoms with van der Waals surface area (Å²) in [5.74, 6) is 0. The van der Waals surface area contributed by atoms with Gasteiger partial charge in [0.25, 0.3) is 0 Å². The van der Waals surface area contributed by atoms with Gasteiger partial charge < -0.3 is 20.3 Å². The van der Waals surface area contributed by atoms with E-state index >= 15 is 0 Å². The number of hydrogen-bond donors (Lipinski definition) is 2. The molecule has 0 spiro atoms. The predicted octanol–water partition coefficient (Wildman–Crippen LogP) is 2.61. The van der Waals surface area contributed by atoms with Crippen LogP contribution in [0.3, 0.4) is 0 Å². The molecule has 1 aromatic rings. The Hall–Kier alpha value is -1.59. The Balaban J connectivity index is 1.98. The van der Waals surface area contributed by atoms with Crippen molar-refractivity contribution in [3.05, 3.63) is 29.8 Å². The van der Waals surface area contributed by atoms with Crippen molar-refractivity contribution in [1.82, 2.24) is 10.2 Å². The minimum absolute atomic E-state index is 0.0845. The van der Waals surface area contributed by atoms with E-state index in [1.165, 1.54) is 5.56 Å². The summed E-state index contributed by atoms with van der Waals surface area (Å²) >= 11 is 0. The van der Waals surface area contributed by atoms with Gasteiger partial charge in [-0.25, -0.2) is 4.79 Å². The number of hydrogen-bond acceptors (Lipinski definition) is 3. The lowest BCUT2D eigenvalue weighted by molar-refractivity contribution is 0.164. The molecule has 2 atom stereocenters. The van der Waals surface area contributed by atoms with E-state index in [2.05, 4.69) is 30.5 Å². The molecule has 0 radical (unpaired) electrons. The van der Waals surface area contributed by atoms with Gasteiger partial charge in [-0.2, -0.15) is 0 Å². The van der Waals surface area contributed by atoms with Gasteiger partial charge in [-0.1, -0.05) is 19.1 Å². The first kappa shape index (κ1) is 15.8. The fraction of sp³-hybridized carbons (Fsp3) is 0.562. The molecule has 116 valence electrons. The highest BCUT2D eigenvalue weighted by Crippen LogP contribution is 2.18. The van der Waals surface area contributed by atoms with Crippen molar-refractivity contribution < 1.29 is 9.53 Å². The van der Waals surface area contributed by atoms with Crippen molar-refractivity contribution in [2.45, 2.75) is 32.4 Å². The van der Waals surface area contributed by atoms with Crippen molar-refractivity contribution in [3.8, 4) is 0 Å². The van der Waals surface area contributed by atoms with E-state index in [9.17, 15) is 4.79 Å². The van der Waals surface area contributed by atoms with Gasteiger partial charge in [0, 0.05) is 25.4 Å². The number of nitrogens with one attached hydrogen (secondary N) is 2. The van der Waals surface area contributed by atoms with Gasteiger partial charge in [0.05, 0.1) is 12.6 Å². The number of nitrogens with zero attached hydrogens (tertiary/aromatic N) is 1. The molecule has 2 N–H and O–H groups in total. The lowest BCUT2D eigenvalue weighted by Crippen LogP contribution is -2.40. The highest BCUT2D eigenvalue weighted by molar-refractivity contribution is 5.89. The van der Waals surface area contributed by atoms with Crippen LogP contribution in [0.4, 0.5) is 10.5 Å². The standard InChI is InChI=1S/C16H25N3O2/c1-4-17-12(2)13-6-5-7-14(10-13)18-16(20)19(3)15-8-9-21-11-15/h5-7,10,12,15,17H,4,8-9,11H2,1-3H3,(H,18,20). The number of benzene rings is 1. The average Bonchev–Trinajstić information content (AvgIpc) is 3.01. The summed E-state index contributed by atoms with van der Waals surface area (Å²) in [6.07, 6.45) is 0.904. The van der Waals surface area contributed by atoms with E-state index in [4.69, 9.17) is 4.74 Å². The summed E-state index contributed by atoms with van der Waals surface area (Å²) in [7, 11) is 1.82. The summed E-state index contributed by atoms with van der Waals surface area (Å²) in [4.78, 5) is 14.0. The number of rotatable bonds is 5. The second-order valence-corrected chi connectivity index (χ2v) is 5.46. The van der Waals surface area contributed by atoms with Crippen LogP contribution < -0.4 is 10.6 Å². The molecule has 2 unspecified atom stereocenters. The van der Waals surface area contributed by atoms with Gasteiger partial charge >= 0.3 is 6.03 Å². The maximum atomic E-state index is 12.2. The van der Waals surface area contributed by atoms with Crippen LogP contribution in [0.5, 0.6) is 0 Å². The zero-order valence-electron chi connectivity index (χ0n) is 13.1. The van der Waals surface area contributed by atoms with Gasteiger partial charge in [0.2, 0.25) is 0 Å². The molecule has 1 heterocycles. The lowest BCUT2D eigenvalue weighted by atomic mass is 10.1. The molecular formula is C16H25N3O2. The largest absolute Gasteiger partial charge is 0.379 e. The Kier molecular flexibility index (Phi) is 5.59. The van der Waals surface area contributed by atoms with Crippen molar-refractivity contribution in [1.29, 1.82) is 0 Å². The van der Waals surface area contributed by atoms with Gasteiger partial charge in [0.1, 0.15) is 0 Å².